The van der Waals surface area contributed by atoms with Crippen molar-refractivity contribution >= 4 is 17.8 Å². The smallest absolute Gasteiger partial charge is 0.335 e. The van der Waals surface area contributed by atoms with Crippen LogP contribution in [-0.2, 0) is 14.3 Å². The molecule has 25 heavy (non-hydrogen) atoms. The minimum absolute atomic E-state index is 0.0318. The van der Waals surface area contributed by atoms with Gasteiger partial charge < -0.3 is 4.74 Å². The maximum Gasteiger partial charge on any atom is 0.335 e. The van der Waals surface area contributed by atoms with E-state index in [1.165, 1.54) is 6.07 Å². The summed E-state index contributed by atoms with van der Waals surface area (Å²) in [5.41, 5.74) is 2.20. The molecule has 4 rings (SSSR count). The number of rotatable bonds is 1. The average molecular weight is 338 g/mol. The molecular formula is C21H19FO3. The second-order valence-electron chi connectivity index (χ2n) is 7.25. The third-order valence-corrected chi connectivity index (χ3v) is 5.70. The molecule has 0 unspecified atom stereocenters. The SMILES string of the molecule is CC1=C2[C@H]3OC(=O)/C(=C/c4ccccc4F)[C@@H]3CC[C@@]2(C)C=CC1=O. The van der Waals surface area contributed by atoms with E-state index in [2.05, 4.69) is 6.92 Å². The van der Waals surface area contributed by atoms with Gasteiger partial charge in [-0.2, -0.15) is 0 Å². The lowest BCUT2D eigenvalue weighted by molar-refractivity contribution is -0.138. The van der Waals surface area contributed by atoms with Crippen LogP contribution >= 0.6 is 0 Å². The van der Waals surface area contributed by atoms with Gasteiger partial charge in [0.1, 0.15) is 11.9 Å². The molecule has 1 saturated carbocycles. The largest absolute Gasteiger partial charge is 0.454 e. The Morgan fingerprint density at radius 1 is 1.28 bits per heavy atom. The molecule has 0 amide bonds. The minimum atomic E-state index is -0.432. The van der Waals surface area contributed by atoms with E-state index in [0.717, 1.165) is 18.4 Å². The molecule has 1 aliphatic heterocycles. The number of fused-ring (bicyclic) bond motifs is 3. The van der Waals surface area contributed by atoms with Gasteiger partial charge in [-0.1, -0.05) is 31.2 Å². The lowest BCUT2D eigenvalue weighted by atomic mass is 9.62. The van der Waals surface area contributed by atoms with Crippen LogP contribution in [0, 0.1) is 17.2 Å². The summed E-state index contributed by atoms with van der Waals surface area (Å²) in [5.74, 6) is -0.942. The highest BCUT2D eigenvalue weighted by molar-refractivity contribution is 6.06. The van der Waals surface area contributed by atoms with Crippen molar-refractivity contribution in [2.24, 2.45) is 11.3 Å². The molecule has 128 valence electrons. The van der Waals surface area contributed by atoms with Crippen LogP contribution < -0.4 is 0 Å². The molecule has 0 aromatic heterocycles. The van der Waals surface area contributed by atoms with Gasteiger partial charge in [0.25, 0.3) is 0 Å². The summed E-state index contributed by atoms with van der Waals surface area (Å²) in [7, 11) is 0. The van der Waals surface area contributed by atoms with E-state index in [0.29, 0.717) is 16.7 Å². The zero-order valence-corrected chi connectivity index (χ0v) is 14.2. The first-order chi connectivity index (χ1) is 11.9. The monoisotopic (exact) mass is 338 g/mol. The van der Waals surface area contributed by atoms with E-state index >= 15 is 0 Å². The first-order valence-corrected chi connectivity index (χ1v) is 8.52. The van der Waals surface area contributed by atoms with E-state index < -0.39 is 12.1 Å². The van der Waals surface area contributed by atoms with Gasteiger partial charge in [-0.05, 0) is 43.6 Å². The van der Waals surface area contributed by atoms with Gasteiger partial charge in [-0.25, -0.2) is 9.18 Å². The number of allylic oxidation sites excluding steroid dienone is 3. The highest BCUT2D eigenvalue weighted by atomic mass is 19.1. The predicted molar refractivity (Wildman–Crippen MR) is 91.9 cm³/mol. The van der Waals surface area contributed by atoms with Gasteiger partial charge >= 0.3 is 5.97 Å². The number of halogens is 1. The second-order valence-corrected chi connectivity index (χ2v) is 7.25. The van der Waals surface area contributed by atoms with Gasteiger partial charge in [0.15, 0.2) is 5.78 Å². The first kappa shape index (κ1) is 16.0. The summed E-state index contributed by atoms with van der Waals surface area (Å²) in [6.07, 6.45) is 6.31. The van der Waals surface area contributed by atoms with Gasteiger partial charge in [-0.3, -0.25) is 4.79 Å². The number of carbonyl (C=O) groups is 2. The van der Waals surface area contributed by atoms with Crippen molar-refractivity contribution in [3.63, 3.8) is 0 Å². The van der Waals surface area contributed by atoms with Crippen LogP contribution in [-0.4, -0.2) is 17.9 Å². The standard InChI is InChI=1S/C21H19FO3/c1-12-17(23)8-10-21(2)9-7-14-15(20(24)25-19(14)18(12)21)11-13-5-3-4-6-16(13)22/h3-6,8,10-11,14,19H,7,9H2,1-2H3/b15-11+/t14-,19-,21-/m0/s1. The third-order valence-electron chi connectivity index (χ3n) is 5.70. The highest BCUT2D eigenvalue weighted by Gasteiger charge is 2.51. The van der Waals surface area contributed by atoms with Crippen LogP contribution in [0.3, 0.4) is 0 Å². The second kappa shape index (κ2) is 5.51. The van der Waals surface area contributed by atoms with E-state index in [1.807, 2.05) is 6.08 Å². The molecule has 3 aliphatic rings. The number of benzene rings is 1. The van der Waals surface area contributed by atoms with E-state index in [4.69, 9.17) is 4.74 Å². The normalized spacial score (nSPS) is 32.7. The molecule has 0 N–H and O–H groups in total. The summed E-state index contributed by atoms with van der Waals surface area (Å²) in [6, 6.07) is 6.38. The summed E-state index contributed by atoms with van der Waals surface area (Å²) >= 11 is 0. The number of ketones is 1. The highest BCUT2D eigenvalue weighted by Crippen LogP contribution is 2.53. The zero-order valence-electron chi connectivity index (χ0n) is 14.2. The fourth-order valence-electron chi connectivity index (χ4n) is 4.32. The Labute approximate surface area is 145 Å². The Bertz CT molecular complexity index is 877. The number of ether oxygens (including phenoxy) is 1. The molecule has 1 aromatic carbocycles. The first-order valence-electron chi connectivity index (χ1n) is 8.52. The van der Waals surface area contributed by atoms with Crippen LogP contribution in [0.2, 0.25) is 0 Å². The molecule has 2 fully saturated rings. The van der Waals surface area contributed by atoms with E-state index in [9.17, 15) is 14.0 Å². The Balaban J connectivity index is 1.78. The van der Waals surface area contributed by atoms with Gasteiger partial charge in [-0.15, -0.1) is 0 Å². The molecule has 0 bridgehead atoms. The van der Waals surface area contributed by atoms with Crippen LogP contribution in [0.1, 0.15) is 32.3 Å². The van der Waals surface area contributed by atoms with E-state index in [-0.39, 0.29) is 22.9 Å². The Hall–Kier alpha value is -2.49. The van der Waals surface area contributed by atoms with E-state index in [1.54, 1.807) is 37.3 Å². The fraction of sp³-hybridized carbons (Fsp3) is 0.333. The lowest BCUT2D eigenvalue weighted by Crippen LogP contribution is -2.39. The Morgan fingerprint density at radius 2 is 2.04 bits per heavy atom. The zero-order chi connectivity index (χ0) is 17.8. The summed E-state index contributed by atoms with van der Waals surface area (Å²) < 4.78 is 19.6. The van der Waals surface area contributed by atoms with Gasteiger partial charge in [0.2, 0.25) is 0 Å². The summed E-state index contributed by atoms with van der Waals surface area (Å²) in [6.45, 7) is 3.88. The fourth-order valence-corrected chi connectivity index (χ4v) is 4.32. The topological polar surface area (TPSA) is 43.4 Å². The number of esters is 1. The molecule has 4 heteroatoms. The van der Waals surface area contributed by atoms with Crippen LogP contribution in [0.15, 0.2) is 53.1 Å². The molecule has 0 radical (unpaired) electrons. The average Bonchev–Trinajstić information content (AvgIpc) is 2.89. The molecule has 1 saturated heterocycles. The molecular weight excluding hydrogens is 319 g/mol. The Morgan fingerprint density at radius 3 is 2.80 bits per heavy atom. The quantitative estimate of drug-likeness (QED) is 0.574. The summed E-state index contributed by atoms with van der Waals surface area (Å²) in [5, 5.41) is 0. The minimum Gasteiger partial charge on any atom is -0.454 e. The molecule has 1 aromatic rings. The van der Waals surface area contributed by atoms with Crippen molar-refractivity contribution in [2.75, 3.05) is 0 Å². The number of carbonyl (C=O) groups excluding carboxylic acids is 2. The number of hydrogen-bond acceptors (Lipinski definition) is 3. The molecule has 3 atom stereocenters. The van der Waals surface area contributed by atoms with Crippen LogP contribution in [0.5, 0.6) is 0 Å². The lowest BCUT2D eigenvalue weighted by Gasteiger charge is -2.42. The van der Waals surface area contributed by atoms with Crippen molar-refractivity contribution in [3.05, 3.63) is 64.5 Å². The van der Waals surface area contributed by atoms with Crippen molar-refractivity contribution in [1.29, 1.82) is 0 Å². The van der Waals surface area contributed by atoms with Gasteiger partial charge in [0.05, 0.1) is 0 Å². The maximum atomic E-state index is 14.0. The van der Waals surface area contributed by atoms with Crippen molar-refractivity contribution < 1.29 is 18.7 Å². The van der Waals surface area contributed by atoms with Crippen molar-refractivity contribution in [3.8, 4) is 0 Å². The molecule has 3 nitrogen and oxygen atoms in total. The molecule has 0 spiro atoms. The van der Waals surface area contributed by atoms with Crippen LogP contribution in [0.25, 0.3) is 6.08 Å². The molecule has 2 aliphatic carbocycles. The van der Waals surface area contributed by atoms with Crippen molar-refractivity contribution in [1.82, 2.24) is 0 Å². The number of hydrogen-bond donors (Lipinski definition) is 0. The third kappa shape index (κ3) is 2.39. The predicted octanol–water partition coefficient (Wildman–Crippen LogP) is 4.01. The summed E-state index contributed by atoms with van der Waals surface area (Å²) in [4.78, 5) is 24.6. The van der Waals surface area contributed by atoms with Gasteiger partial charge in [0, 0.05) is 28.0 Å². The molecule has 1 heterocycles. The Kier molecular flexibility index (Phi) is 3.53. The van der Waals surface area contributed by atoms with Crippen molar-refractivity contribution in [2.45, 2.75) is 32.8 Å². The maximum absolute atomic E-state index is 14.0. The van der Waals surface area contributed by atoms with Crippen LogP contribution in [0.4, 0.5) is 4.39 Å².